The van der Waals surface area contributed by atoms with E-state index < -0.39 is 41.1 Å². The Morgan fingerprint density at radius 1 is 1.10 bits per heavy atom. The predicted molar refractivity (Wildman–Crippen MR) is 135 cm³/mol. The van der Waals surface area contributed by atoms with E-state index in [1.807, 2.05) is 6.07 Å². The van der Waals surface area contributed by atoms with E-state index in [9.17, 15) is 29.4 Å². The summed E-state index contributed by atoms with van der Waals surface area (Å²) in [6.07, 6.45) is 1.61. The molecule has 0 spiro atoms. The number of nitrogens with zero attached hydrogens (tertiary/aromatic N) is 1. The summed E-state index contributed by atoms with van der Waals surface area (Å²) in [6.45, 7) is 1.94. The summed E-state index contributed by atoms with van der Waals surface area (Å²) in [4.78, 5) is 44.0. The van der Waals surface area contributed by atoms with Crippen molar-refractivity contribution in [3.8, 4) is 5.75 Å². The van der Waals surface area contributed by atoms with Crippen LogP contribution in [0.4, 0.5) is 0 Å². The van der Waals surface area contributed by atoms with Crippen molar-refractivity contribution in [3.63, 3.8) is 0 Å². The van der Waals surface area contributed by atoms with Crippen LogP contribution in [0.2, 0.25) is 0 Å². The molecule has 5 rings (SSSR count). The number of likely N-dealkylation sites (N-methyl/N-ethyl adjacent to an activating group) is 1. The summed E-state index contributed by atoms with van der Waals surface area (Å²) in [7, 11) is 2.27. The third-order valence-corrected chi connectivity index (χ3v) is 9.59. The lowest BCUT2D eigenvalue weighted by molar-refractivity contribution is -0.952. The minimum atomic E-state index is -2.27. The van der Waals surface area contributed by atoms with Gasteiger partial charge in [0.1, 0.15) is 23.2 Å². The molecule has 1 aromatic rings. The van der Waals surface area contributed by atoms with Crippen molar-refractivity contribution in [2.75, 3.05) is 20.1 Å². The van der Waals surface area contributed by atoms with E-state index >= 15 is 0 Å². The van der Waals surface area contributed by atoms with Gasteiger partial charge in [-0.15, -0.1) is 0 Å². The quantitative estimate of drug-likeness (QED) is 0.229. The summed E-state index contributed by atoms with van der Waals surface area (Å²) in [5, 5.41) is 55.8. The van der Waals surface area contributed by atoms with E-state index in [0.717, 1.165) is 23.1 Å². The number of amides is 1. The van der Waals surface area contributed by atoms with Gasteiger partial charge in [-0.25, -0.2) is 9.59 Å². The molecule has 6 atom stereocenters. The minimum absolute atomic E-state index is 0.00345. The lowest BCUT2D eigenvalue weighted by atomic mass is 9.48. The largest absolute Gasteiger partial charge is 0.507 e. The molecule has 12 nitrogen and oxygen atoms in total. The van der Waals surface area contributed by atoms with Crippen LogP contribution in [0.15, 0.2) is 12.1 Å². The molecule has 39 heavy (non-hydrogen) atoms. The molecule has 12 heteroatoms. The number of aliphatic carboxylic acids is 2. The van der Waals surface area contributed by atoms with E-state index in [0.29, 0.717) is 37.2 Å². The maximum absolute atomic E-state index is 12.6. The summed E-state index contributed by atoms with van der Waals surface area (Å²) in [5.74, 6) is -3.51. The van der Waals surface area contributed by atoms with Gasteiger partial charge in [0.2, 0.25) is 0 Å². The molecule has 1 amide bonds. The number of primary amides is 1. The van der Waals surface area contributed by atoms with E-state index in [-0.39, 0.29) is 29.6 Å². The van der Waals surface area contributed by atoms with Crippen LogP contribution in [0.3, 0.4) is 0 Å². The molecule has 3 aliphatic carbocycles. The Kier molecular flexibility index (Phi) is 7.54. The third kappa shape index (κ3) is 4.69. The molecule has 1 heterocycles. The SMILES string of the molecule is C[N+]1(CC2CCC2)CC[C@]23CC(=O)CC[C@@]2(O)[C@H]1Cc1ccc(C(N)=O)c(O)c13.O=C(O)C(O)C(O)C(=O)O. The average Bonchev–Trinajstić information content (AvgIpc) is 2.83. The van der Waals surface area contributed by atoms with Gasteiger partial charge in [0.15, 0.2) is 12.2 Å². The van der Waals surface area contributed by atoms with Crippen LogP contribution in [0.25, 0.3) is 0 Å². The van der Waals surface area contributed by atoms with Gasteiger partial charge in [-0.1, -0.05) is 12.5 Å². The summed E-state index contributed by atoms with van der Waals surface area (Å²) < 4.78 is 0.828. The molecule has 2 bridgehead atoms. The zero-order chi connectivity index (χ0) is 28.9. The van der Waals surface area contributed by atoms with Gasteiger partial charge < -0.3 is 40.9 Å². The zero-order valence-electron chi connectivity index (χ0n) is 21.9. The predicted octanol–water partition coefficient (Wildman–Crippen LogP) is -0.334. The molecule has 214 valence electrons. The van der Waals surface area contributed by atoms with Gasteiger partial charge in [-0.2, -0.15) is 0 Å². The number of hydrogen-bond donors (Lipinski definition) is 7. The number of ketones is 1. The first-order valence-corrected chi connectivity index (χ1v) is 13.2. The maximum Gasteiger partial charge on any atom is 0.335 e. The number of aromatic hydroxyl groups is 1. The second-order valence-electron chi connectivity index (χ2n) is 11.8. The maximum atomic E-state index is 12.6. The highest BCUT2D eigenvalue weighted by molar-refractivity contribution is 5.96. The number of carbonyl (C=O) groups excluding carboxylic acids is 2. The fourth-order valence-electron chi connectivity index (χ4n) is 7.37. The standard InChI is InChI=1S/C23H30N2O4.C4H6O6/c1-25(13-14-3-2-4-14)10-9-22-12-16(26)7-8-23(22,29)18(25)11-15-5-6-17(21(24)28)20(27)19(15)22;5-1(3(7)8)2(6)4(9)10/h5-6,14,18,29H,2-4,7-13H2,1H3,(H2-,24,27,28);1-2,5-6H,(H,7,8)(H,9,10)/p+1/t18-,22-,23-,25?;/m1./s1. The number of phenols is 1. The molecular formula is C27H37N2O10+. The van der Waals surface area contributed by atoms with Gasteiger partial charge >= 0.3 is 11.9 Å². The number of Topliss-reactive ketones (excluding diaryl/α,β-unsaturated/α-hetero) is 1. The molecule has 8 N–H and O–H groups in total. The molecule has 2 saturated carbocycles. The number of aliphatic hydroxyl groups is 3. The number of quaternary nitrogens is 1. The lowest BCUT2D eigenvalue weighted by Crippen LogP contribution is -2.78. The van der Waals surface area contributed by atoms with Gasteiger partial charge in [-0.05, 0) is 30.9 Å². The topological polar surface area (TPSA) is 216 Å². The second kappa shape index (κ2) is 10.2. The van der Waals surface area contributed by atoms with Crippen molar-refractivity contribution >= 4 is 23.6 Å². The third-order valence-electron chi connectivity index (χ3n) is 9.59. The Bertz CT molecular complexity index is 1180. The summed E-state index contributed by atoms with van der Waals surface area (Å²) >= 11 is 0. The fraction of sp³-hybridized carbons (Fsp3) is 0.630. The van der Waals surface area contributed by atoms with Crippen molar-refractivity contribution < 1.29 is 54.3 Å². The smallest absolute Gasteiger partial charge is 0.335 e. The number of piperidine rings is 1. The number of likely N-dealkylation sites (tertiary alicyclic amines) is 1. The van der Waals surface area contributed by atoms with Crippen molar-refractivity contribution in [1.29, 1.82) is 0 Å². The molecule has 0 aromatic heterocycles. The van der Waals surface area contributed by atoms with Crippen molar-refractivity contribution in [1.82, 2.24) is 0 Å². The first-order chi connectivity index (χ1) is 18.2. The van der Waals surface area contributed by atoms with Crippen LogP contribution >= 0.6 is 0 Å². The zero-order valence-corrected chi connectivity index (χ0v) is 21.9. The van der Waals surface area contributed by atoms with Crippen LogP contribution in [0.5, 0.6) is 5.75 Å². The van der Waals surface area contributed by atoms with E-state index in [1.54, 1.807) is 6.07 Å². The van der Waals surface area contributed by atoms with E-state index in [4.69, 9.17) is 26.2 Å². The number of aliphatic hydroxyl groups excluding tert-OH is 2. The van der Waals surface area contributed by atoms with E-state index in [1.165, 1.54) is 19.3 Å². The van der Waals surface area contributed by atoms with Gasteiger partial charge in [0.05, 0.1) is 25.7 Å². The number of rotatable bonds is 6. The molecule has 3 fully saturated rings. The monoisotopic (exact) mass is 549 g/mol. The first-order valence-electron chi connectivity index (χ1n) is 13.2. The van der Waals surface area contributed by atoms with Crippen LogP contribution in [-0.4, -0.2) is 103 Å². The minimum Gasteiger partial charge on any atom is -0.507 e. The van der Waals surface area contributed by atoms with E-state index in [2.05, 4.69) is 7.05 Å². The Morgan fingerprint density at radius 2 is 1.72 bits per heavy atom. The average molecular weight is 550 g/mol. The Labute approximate surface area is 225 Å². The number of carboxylic acids is 2. The highest BCUT2D eigenvalue weighted by Crippen LogP contribution is 2.61. The molecule has 0 radical (unpaired) electrons. The Morgan fingerprint density at radius 3 is 2.23 bits per heavy atom. The summed E-state index contributed by atoms with van der Waals surface area (Å²) in [5.41, 5.74) is 5.25. The Balaban J connectivity index is 0.000000303. The number of hydrogen-bond acceptors (Lipinski definition) is 8. The molecule has 1 saturated heterocycles. The second-order valence-corrected chi connectivity index (χ2v) is 11.8. The number of carbonyl (C=O) groups is 4. The molecule has 3 unspecified atom stereocenters. The van der Waals surface area contributed by atoms with Crippen LogP contribution in [0, 0.1) is 5.92 Å². The molecule has 4 aliphatic rings. The van der Waals surface area contributed by atoms with Crippen molar-refractivity contribution in [2.45, 2.75) is 80.6 Å². The number of nitrogens with two attached hydrogens (primary N) is 1. The van der Waals surface area contributed by atoms with Gasteiger partial charge in [-0.3, -0.25) is 9.59 Å². The molecular weight excluding hydrogens is 512 g/mol. The number of fused-ring (bicyclic) bond motifs is 1. The molecule has 1 aromatic carbocycles. The van der Waals surface area contributed by atoms with Gasteiger partial charge in [0, 0.05) is 42.6 Å². The fourth-order valence-corrected chi connectivity index (χ4v) is 7.37. The van der Waals surface area contributed by atoms with Crippen molar-refractivity contribution in [2.24, 2.45) is 11.7 Å². The highest BCUT2D eigenvalue weighted by atomic mass is 16.4. The number of benzene rings is 1. The number of carboxylic acid groups (broad SMARTS) is 2. The Hall–Kier alpha value is -3.06. The van der Waals surface area contributed by atoms with Crippen LogP contribution < -0.4 is 5.73 Å². The van der Waals surface area contributed by atoms with Crippen LogP contribution in [-0.2, 0) is 26.2 Å². The lowest BCUT2D eigenvalue weighted by Gasteiger charge is -2.65. The van der Waals surface area contributed by atoms with Gasteiger partial charge in [0.25, 0.3) is 5.91 Å². The first kappa shape index (κ1) is 28.9. The summed E-state index contributed by atoms with van der Waals surface area (Å²) in [6, 6.07) is 3.46. The highest BCUT2D eigenvalue weighted by Gasteiger charge is 2.70. The molecule has 1 aliphatic heterocycles. The normalized spacial score (nSPS) is 32.8. The van der Waals surface area contributed by atoms with Crippen molar-refractivity contribution in [3.05, 3.63) is 28.8 Å². The van der Waals surface area contributed by atoms with Crippen LogP contribution in [0.1, 0.15) is 66.4 Å².